The van der Waals surface area contributed by atoms with Crippen LogP contribution in [-0.4, -0.2) is 13.2 Å². The summed E-state index contributed by atoms with van der Waals surface area (Å²) in [7, 11) is 0. The Balaban J connectivity index is 2.41. The van der Waals surface area contributed by atoms with E-state index in [1.54, 1.807) is 0 Å². The molecule has 2 aromatic rings. The maximum atomic E-state index is 6.15. The van der Waals surface area contributed by atoms with Gasteiger partial charge in [0, 0.05) is 5.39 Å². The average molecular weight is 289 g/mol. The molecule has 2 rings (SSSR count). The van der Waals surface area contributed by atoms with E-state index in [0.717, 1.165) is 35.4 Å². The summed E-state index contributed by atoms with van der Waals surface area (Å²) in [6.07, 6.45) is 1.11. The summed E-state index contributed by atoms with van der Waals surface area (Å²) in [5, 5.41) is 4.70. The Morgan fingerprint density at radius 2 is 2.00 bits per heavy atom. The second-order valence-corrected chi connectivity index (χ2v) is 6.51. The number of rotatable bonds is 6. The van der Waals surface area contributed by atoms with Crippen molar-refractivity contribution in [2.24, 2.45) is 5.41 Å². The van der Waals surface area contributed by atoms with Gasteiger partial charge in [-0.1, -0.05) is 39.8 Å². The van der Waals surface area contributed by atoms with Crippen LogP contribution in [0.15, 0.2) is 28.7 Å². The van der Waals surface area contributed by atoms with Crippen LogP contribution in [0.25, 0.3) is 11.0 Å². The van der Waals surface area contributed by atoms with Crippen molar-refractivity contribution in [1.29, 1.82) is 0 Å². The predicted octanol–water partition coefficient (Wildman–Crippen LogP) is 4.92. The molecular formula is C18H27NO2. The van der Waals surface area contributed by atoms with Gasteiger partial charge >= 0.3 is 0 Å². The Bertz CT molecular complexity index is 580. The van der Waals surface area contributed by atoms with E-state index in [1.807, 2.05) is 19.1 Å². The number of ether oxygens (including phenoxy) is 1. The van der Waals surface area contributed by atoms with Crippen molar-refractivity contribution in [3.8, 4) is 5.75 Å². The Labute approximate surface area is 127 Å². The van der Waals surface area contributed by atoms with Gasteiger partial charge in [0.25, 0.3) is 0 Å². The normalized spacial score (nSPS) is 13.6. The number of hydrogen-bond donors (Lipinski definition) is 1. The van der Waals surface area contributed by atoms with Gasteiger partial charge in [-0.3, -0.25) is 0 Å². The second kappa shape index (κ2) is 6.52. The van der Waals surface area contributed by atoms with E-state index in [2.05, 4.69) is 45.1 Å². The minimum atomic E-state index is 0.0921. The van der Waals surface area contributed by atoms with Crippen LogP contribution in [0.5, 0.6) is 5.75 Å². The molecule has 0 amide bonds. The number of benzene rings is 1. The third-order valence-electron chi connectivity index (χ3n) is 3.58. The fraction of sp³-hybridized carbons (Fsp3) is 0.556. The first-order chi connectivity index (χ1) is 9.97. The maximum Gasteiger partial charge on any atom is 0.176 e. The van der Waals surface area contributed by atoms with E-state index in [-0.39, 0.29) is 11.5 Å². The van der Waals surface area contributed by atoms with Gasteiger partial charge < -0.3 is 14.5 Å². The topological polar surface area (TPSA) is 34.4 Å². The highest BCUT2D eigenvalue weighted by molar-refractivity contribution is 5.83. The Kier molecular flexibility index (Phi) is 4.94. The van der Waals surface area contributed by atoms with Crippen molar-refractivity contribution < 1.29 is 9.15 Å². The zero-order valence-electron chi connectivity index (χ0n) is 13.8. The standard InChI is InChI=1S/C18H27NO2/c1-6-11-19-17(18(3,4)5)15-12-13-9-8-10-14(20-7-2)16(13)21-15/h8-10,12,17,19H,6-7,11H2,1-5H3. The first-order valence-corrected chi connectivity index (χ1v) is 7.86. The molecule has 0 saturated carbocycles. The van der Waals surface area contributed by atoms with Gasteiger partial charge in [-0.2, -0.15) is 0 Å². The van der Waals surface area contributed by atoms with Crippen LogP contribution in [0.3, 0.4) is 0 Å². The monoisotopic (exact) mass is 289 g/mol. The molecular weight excluding hydrogens is 262 g/mol. The highest BCUT2D eigenvalue weighted by Gasteiger charge is 2.29. The molecule has 1 unspecified atom stereocenters. The number of nitrogens with one attached hydrogen (secondary N) is 1. The minimum absolute atomic E-state index is 0.0921. The summed E-state index contributed by atoms with van der Waals surface area (Å²) in [6, 6.07) is 8.38. The summed E-state index contributed by atoms with van der Waals surface area (Å²) in [5.74, 6) is 1.81. The van der Waals surface area contributed by atoms with Crippen molar-refractivity contribution >= 4 is 11.0 Å². The van der Waals surface area contributed by atoms with Crippen LogP contribution in [-0.2, 0) is 0 Å². The van der Waals surface area contributed by atoms with Gasteiger partial charge in [0.15, 0.2) is 11.3 Å². The Hall–Kier alpha value is -1.48. The van der Waals surface area contributed by atoms with Gasteiger partial charge in [0.1, 0.15) is 5.76 Å². The van der Waals surface area contributed by atoms with Crippen LogP contribution in [0, 0.1) is 5.41 Å². The average Bonchev–Trinajstić information content (AvgIpc) is 2.82. The zero-order valence-corrected chi connectivity index (χ0v) is 13.8. The Morgan fingerprint density at radius 1 is 1.24 bits per heavy atom. The largest absolute Gasteiger partial charge is 0.490 e. The van der Waals surface area contributed by atoms with Gasteiger partial charge in [-0.25, -0.2) is 0 Å². The number of para-hydroxylation sites is 1. The van der Waals surface area contributed by atoms with Crippen LogP contribution in [0.2, 0.25) is 0 Å². The van der Waals surface area contributed by atoms with E-state index in [1.165, 1.54) is 0 Å². The van der Waals surface area contributed by atoms with Crippen molar-refractivity contribution in [3.05, 3.63) is 30.0 Å². The molecule has 0 aliphatic rings. The van der Waals surface area contributed by atoms with Gasteiger partial charge in [0.2, 0.25) is 0 Å². The van der Waals surface area contributed by atoms with Crippen molar-refractivity contribution in [2.45, 2.75) is 47.1 Å². The van der Waals surface area contributed by atoms with Crippen LogP contribution in [0.1, 0.15) is 52.8 Å². The molecule has 1 atom stereocenters. The summed E-state index contributed by atoms with van der Waals surface area (Å²) in [5.41, 5.74) is 0.941. The molecule has 1 aromatic carbocycles. The van der Waals surface area contributed by atoms with Crippen molar-refractivity contribution in [1.82, 2.24) is 5.32 Å². The SMILES string of the molecule is CCCNC(c1cc2cccc(OCC)c2o1)C(C)(C)C. The van der Waals surface area contributed by atoms with Gasteiger partial charge in [-0.05, 0) is 37.4 Å². The molecule has 0 bridgehead atoms. The minimum Gasteiger partial charge on any atom is -0.490 e. The van der Waals surface area contributed by atoms with E-state index >= 15 is 0 Å². The fourth-order valence-corrected chi connectivity index (χ4v) is 2.59. The molecule has 21 heavy (non-hydrogen) atoms. The molecule has 0 radical (unpaired) electrons. The molecule has 116 valence electrons. The van der Waals surface area contributed by atoms with Crippen molar-refractivity contribution in [2.75, 3.05) is 13.2 Å². The molecule has 0 aliphatic heterocycles. The molecule has 1 heterocycles. The summed E-state index contributed by atoms with van der Waals surface area (Å²) in [6.45, 7) is 12.5. The smallest absolute Gasteiger partial charge is 0.176 e. The lowest BCUT2D eigenvalue weighted by Crippen LogP contribution is -2.32. The molecule has 0 fully saturated rings. The quantitative estimate of drug-likeness (QED) is 0.819. The van der Waals surface area contributed by atoms with Crippen LogP contribution in [0.4, 0.5) is 0 Å². The molecule has 1 aromatic heterocycles. The highest BCUT2D eigenvalue weighted by Crippen LogP contribution is 2.38. The molecule has 1 N–H and O–H groups in total. The summed E-state index contributed by atoms with van der Waals surface area (Å²) >= 11 is 0. The molecule has 3 nitrogen and oxygen atoms in total. The molecule has 0 aliphatic carbocycles. The molecule has 0 spiro atoms. The van der Waals surface area contributed by atoms with Crippen LogP contribution < -0.4 is 10.1 Å². The predicted molar refractivity (Wildman–Crippen MR) is 87.9 cm³/mol. The fourth-order valence-electron chi connectivity index (χ4n) is 2.59. The van der Waals surface area contributed by atoms with E-state index in [4.69, 9.17) is 9.15 Å². The van der Waals surface area contributed by atoms with Crippen LogP contribution >= 0.6 is 0 Å². The molecule has 3 heteroatoms. The highest BCUT2D eigenvalue weighted by atomic mass is 16.5. The maximum absolute atomic E-state index is 6.15. The van der Waals surface area contributed by atoms with Gasteiger partial charge in [-0.15, -0.1) is 0 Å². The lowest BCUT2D eigenvalue weighted by molar-refractivity contribution is 0.240. The second-order valence-electron chi connectivity index (χ2n) is 6.51. The van der Waals surface area contributed by atoms with E-state index in [9.17, 15) is 0 Å². The number of hydrogen-bond acceptors (Lipinski definition) is 3. The first kappa shape index (κ1) is 15.9. The number of fused-ring (bicyclic) bond motifs is 1. The zero-order chi connectivity index (χ0) is 15.5. The van der Waals surface area contributed by atoms with E-state index < -0.39 is 0 Å². The summed E-state index contributed by atoms with van der Waals surface area (Å²) in [4.78, 5) is 0. The van der Waals surface area contributed by atoms with Gasteiger partial charge in [0.05, 0.1) is 12.6 Å². The third kappa shape index (κ3) is 3.59. The lowest BCUT2D eigenvalue weighted by Gasteiger charge is -2.30. The number of furan rings is 1. The lowest BCUT2D eigenvalue weighted by atomic mass is 9.85. The van der Waals surface area contributed by atoms with E-state index in [0.29, 0.717) is 6.61 Å². The Morgan fingerprint density at radius 3 is 2.62 bits per heavy atom. The van der Waals surface area contributed by atoms with Crippen molar-refractivity contribution in [3.63, 3.8) is 0 Å². The first-order valence-electron chi connectivity index (χ1n) is 7.86. The molecule has 0 saturated heterocycles. The third-order valence-corrected chi connectivity index (χ3v) is 3.58. The summed E-state index contributed by atoms with van der Waals surface area (Å²) < 4.78 is 11.8.